The van der Waals surface area contributed by atoms with E-state index < -0.39 is 18.8 Å². The van der Waals surface area contributed by atoms with Gasteiger partial charge < -0.3 is 6.15 Å². The summed E-state index contributed by atoms with van der Waals surface area (Å²) in [6, 6.07) is 0. The average Bonchev–Trinajstić information content (AvgIpc) is 0.811. The minimum absolute atomic E-state index is 0. The summed E-state index contributed by atoms with van der Waals surface area (Å²) in [6.45, 7) is 0. The summed E-state index contributed by atoms with van der Waals surface area (Å²) in [6.07, 6.45) is 0. The van der Waals surface area contributed by atoms with E-state index in [4.69, 9.17) is 10.1 Å². The van der Waals surface area contributed by atoms with E-state index in [0.29, 0.717) is 0 Å². The Morgan fingerprint density at radius 1 is 1.40 bits per heavy atom. The number of rotatable bonds is 0. The predicted molar refractivity (Wildman–Crippen MR) is 7.36 cm³/mol. The molecule has 0 radical (unpaired) electrons. The molecule has 0 rings (SSSR count). The Bertz CT molecular complexity index is 55.3. The Balaban J connectivity index is 0. The van der Waals surface area contributed by atoms with Crippen LogP contribution < -0.4 is 9.77 Å². The molecule has 0 aromatic rings. The van der Waals surface area contributed by atoms with E-state index in [1.165, 1.54) is 0 Å². The van der Waals surface area contributed by atoms with Crippen LogP contribution in [0, 0.1) is 0 Å². The SMILES string of the molecule is [NH4+].[O]=[Ta](=[O])[O-]. The van der Waals surface area contributed by atoms with Crippen molar-refractivity contribution in [1.82, 2.24) is 6.15 Å². The van der Waals surface area contributed by atoms with Gasteiger partial charge in [0, 0.05) is 0 Å². The quantitative estimate of drug-likeness (QED) is 0.591. The normalized spacial score (nSPS) is 5.00. The molecule has 0 fully saturated rings. The van der Waals surface area contributed by atoms with Gasteiger partial charge in [-0.3, -0.25) is 0 Å². The average molecular weight is 247 g/mol. The van der Waals surface area contributed by atoms with Crippen LogP contribution in [0.2, 0.25) is 0 Å². The van der Waals surface area contributed by atoms with Gasteiger partial charge in [0.25, 0.3) is 0 Å². The van der Waals surface area contributed by atoms with Gasteiger partial charge >= 0.3 is 28.9 Å². The fourth-order valence-electron chi connectivity index (χ4n) is 0. The van der Waals surface area contributed by atoms with Gasteiger partial charge in [-0.05, 0) is 0 Å². The minimum atomic E-state index is -4.34. The van der Waals surface area contributed by atoms with Crippen LogP contribution in [0.5, 0.6) is 0 Å². The molecule has 0 aliphatic rings. The summed E-state index contributed by atoms with van der Waals surface area (Å²) in [4.78, 5) is 0. The molecule has 0 aliphatic carbocycles. The summed E-state index contributed by atoms with van der Waals surface area (Å²) >= 11 is -4.34. The molecule has 0 aliphatic heterocycles. The molecule has 0 aromatic heterocycles. The molecular formula is H4NO3Ta. The Morgan fingerprint density at radius 3 is 1.40 bits per heavy atom. The maximum absolute atomic E-state index is 8.62. The summed E-state index contributed by atoms with van der Waals surface area (Å²) < 4.78 is 25.9. The van der Waals surface area contributed by atoms with Crippen molar-refractivity contribution in [3.63, 3.8) is 0 Å². The second-order valence-corrected chi connectivity index (χ2v) is 1.83. The van der Waals surface area contributed by atoms with Crippen LogP contribution in [-0.4, -0.2) is 0 Å². The van der Waals surface area contributed by atoms with E-state index >= 15 is 0 Å². The summed E-state index contributed by atoms with van der Waals surface area (Å²) in [7, 11) is 0. The second kappa shape index (κ2) is 4.26. The molecule has 0 aromatic carbocycles. The van der Waals surface area contributed by atoms with Crippen molar-refractivity contribution in [2.75, 3.05) is 0 Å². The number of hydrogen-bond acceptors (Lipinski definition) is 3. The number of quaternary nitrogens is 1. The molecule has 0 spiro atoms. The summed E-state index contributed by atoms with van der Waals surface area (Å²) in [5.41, 5.74) is 0. The van der Waals surface area contributed by atoms with Crippen molar-refractivity contribution < 1.29 is 28.9 Å². The van der Waals surface area contributed by atoms with Crippen LogP contribution >= 0.6 is 0 Å². The molecule has 0 saturated carbocycles. The zero-order valence-corrected chi connectivity index (χ0v) is 5.89. The Morgan fingerprint density at radius 2 is 1.40 bits per heavy atom. The monoisotopic (exact) mass is 247 g/mol. The molecule has 0 heterocycles. The predicted octanol–water partition coefficient (Wildman–Crippen LogP) is -1.05. The van der Waals surface area contributed by atoms with E-state index in [1.807, 2.05) is 0 Å². The van der Waals surface area contributed by atoms with Crippen molar-refractivity contribution >= 4 is 0 Å². The summed E-state index contributed by atoms with van der Waals surface area (Å²) in [5.74, 6) is 0. The van der Waals surface area contributed by atoms with Gasteiger partial charge in [0.2, 0.25) is 0 Å². The molecule has 32 valence electrons. The van der Waals surface area contributed by atoms with Gasteiger partial charge in [-0.15, -0.1) is 0 Å². The first-order valence-corrected chi connectivity index (χ1v) is 4.48. The van der Waals surface area contributed by atoms with E-state index in [9.17, 15) is 0 Å². The van der Waals surface area contributed by atoms with Gasteiger partial charge in [-0.2, -0.15) is 0 Å². The van der Waals surface area contributed by atoms with E-state index in [1.54, 1.807) is 0 Å². The molecule has 0 saturated heterocycles. The van der Waals surface area contributed by atoms with Crippen LogP contribution in [0.15, 0.2) is 0 Å². The van der Waals surface area contributed by atoms with Crippen molar-refractivity contribution in [3.05, 3.63) is 0 Å². The molecule has 0 atom stereocenters. The topological polar surface area (TPSA) is 93.7 Å². The first kappa shape index (κ1) is 8.98. The summed E-state index contributed by atoms with van der Waals surface area (Å²) in [5, 5.41) is 0. The zero-order valence-electron chi connectivity index (χ0n) is 2.67. The molecule has 4 nitrogen and oxygen atoms in total. The van der Waals surface area contributed by atoms with Crippen LogP contribution in [0.1, 0.15) is 0 Å². The van der Waals surface area contributed by atoms with Crippen molar-refractivity contribution in [2.24, 2.45) is 0 Å². The van der Waals surface area contributed by atoms with Gasteiger partial charge in [0.15, 0.2) is 0 Å². The first-order valence-electron chi connectivity index (χ1n) is 0.548. The molecule has 5 heavy (non-hydrogen) atoms. The molecule has 4 N–H and O–H groups in total. The third-order valence-electron chi connectivity index (χ3n) is 0. The Hall–Kier alpha value is 0.260. The van der Waals surface area contributed by atoms with Gasteiger partial charge in [0.05, 0.1) is 0 Å². The van der Waals surface area contributed by atoms with Gasteiger partial charge in [-0.25, -0.2) is 0 Å². The Kier molecular flexibility index (Phi) is 7.65. The number of hydrogen-bond donors (Lipinski definition) is 1. The van der Waals surface area contributed by atoms with Crippen LogP contribution in [0.4, 0.5) is 0 Å². The fraction of sp³-hybridized carbons (Fsp3) is 0. The Labute approximate surface area is 35.7 Å². The van der Waals surface area contributed by atoms with Crippen LogP contribution in [-0.2, 0) is 25.3 Å². The van der Waals surface area contributed by atoms with Gasteiger partial charge in [-0.1, -0.05) is 0 Å². The molecule has 5 heteroatoms. The maximum atomic E-state index is 8.62. The van der Waals surface area contributed by atoms with Gasteiger partial charge in [0.1, 0.15) is 0 Å². The molecule has 0 amide bonds. The van der Waals surface area contributed by atoms with Crippen LogP contribution in [0.3, 0.4) is 0 Å². The van der Waals surface area contributed by atoms with Crippen molar-refractivity contribution in [1.29, 1.82) is 0 Å². The first-order chi connectivity index (χ1) is 1.73. The zero-order chi connectivity index (χ0) is 3.58. The van der Waals surface area contributed by atoms with E-state index in [0.717, 1.165) is 0 Å². The fourth-order valence-corrected chi connectivity index (χ4v) is 0. The van der Waals surface area contributed by atoms with E-state index in [2.05, 4.69) is 0 Å². The van der Waals surface area contributed by atoms with Crippen LogP contribution in [0.25, 0.3) is 0 Å². The molecular weight excluding hydrogens is 243 g/mol. The van der Waals surface area contributed by atoms with Crippen molar-refractivity contribution in [3.8, 4) is 0 Å². The third-order valence-corrected chi connectivity index (χ3v) is 0. The molecule has 0 bridgehead atoms. The molecule has 0 unspecified atom stereocenters. The van der Waals surface area contributed by atoms with E-state index in [-0.39, 0.29) is 6.15 Å². The third kappa shape index (κ3) is 321. The van der Waals surface area contributed by atoms with Crippen molar-refractivity contribution in [2.45, 2.75) is 0 Å². The standard InChI is InChI=1S/H3N.3O.Ta/h1H3;;;;/q;;;-1;/p+1. The second-order valence-electron chi connectivity index (χ2n) is 0.224.